The lowest BCUT2D eigenvalue weighted by atomic mass is 9.85. The number of ether oxygens (including phenoxy) is 2. The molecule has 0 aliphatic heterocycles. The molecule has 4 nitrogen and oxygen atoms in total. The molecule has 1 aliphatic rings. The Bertz CT molecular complexity index is 741. The summed E-state index contributed by atoms with van der Waals surface area (Å²) < 4.78 is 10.5. The van der Waals surface area contributed by atoms with Gasteiger partial charge in [-0.1, -0.05) is 0 Å². The number of fused-ring (bicyclic) bond motifs is 1. The Balaban J connectivity index is 2.78. The average Bonchev–Trinajstić information content (AvgIpc) is 2.85. The molecule has 24 heavy (non-hydrogen) atoms. The first-order valence-corrected chi connectivity index (χ1v) is 8.42. The Labute approximate surface area is 143 Å². The molecule has 1 aromatic carbocycles. The fraction of sp³-hybridized carbons (Fsp3) is 0.500. The van der Waals surface area contributed by atoms with E-state index in [0.29, 0.717) is 5.57 Å². The van der Waals surface area contributed by atoms with Crippen molar-refractivity contribution >= 4 is 17.5 Å². The molecule has 1 aromatic rings. The van der Waals surface area contributed by atoms with Gasteiger partial charge in [-0.15, -0.1) is 0 Å². The van der Waals surface area contributed by atoms with Crippen LogP contribution in [0.25, 0.3) is 5.57 Å². The summed E-state index contributed by atoms with van der Waals surface area (Å²) in [5, 5.41) is 0. The minimum Gasteiger partial charge on any atom is -0.465 e. The highest BCUT2D eigenvalue weighted by Crippen LogP contribution is 2.47. The van der Waals surface area contributed by atoms with E-state index in [0.717, 1.165) is 33.4 Å². The summed E-state index contributed by atoms with van der Waals surface area (Å²) in [7, 11) is 0. The van der Waals surface area contributed by atoms with E-state index in [-0.39, 0.29) is 19.2 Å². The SMILES string of the molecule is CCOC(=O)C1=C(C)c2c(C)c(C)c(C)c(C)c2C1C(=O)OCC. The van der Waals surface area contributed by atoms with Gasteiger partial charge in [0.25, 0.3) is 0 Å². The first-order chi connectivity index (χ1) is 11.3. The number of rotatable bonds is 4. The Morgan fingerprint density at radius 3 is 1.92 bits per heavy atom. The molecular formula is C20H26O4. The van der Waals surface area contributed by atoms with Crippen LogP contribution in [0.2, 0.25) is 0 Å². The second-order valence-electron chi connectivity index (χ2n) is 6.23. The topological polar surface area (TPSA) is 52.6 Å². The first-order valence-electron chi connectivity index (χ1n) is 8.42. The average molecular weight is 330 g/mol. The Kier molecular flexibility index (Phi) is 5.16. The molecule has 0 saturated heterocycles. The zero-order valence-electron chi connectivity index (χ0n) is 15.6. The van der Waals surface area contributed by atoms with Gasteiger partial charge in [-0.2, -0.15) is 0 Å². The minimum absolute atomic E-state index is 0.275. The Morgan fingerprint density at radius 2 is 1.38 bits per heavy atom. The third-order valence-corrected chi connectivity index (χ3v) is 5.11. The van der Waals surface area contributed by atoms with Crippen molar-refractivity contribution in [1.29, 1.82) is 0 Å². The van der Waals surface area contributed by atoms with Crippen molar-refractivity contribution in [3.63, 3.8) is 0 Å². The number of carbonyl (C=O) groups is 2. The van der Waals surface area contributed by atoms with Gasteiger partial charge in [0.15, 0.2) is 0 Å². The van der Waals surface area contributed by atoms with E-state index in [1.54, 1.807) is 13.8 Å². The quantitative estimate of drug-likeness (QED) is 0.785. The van der Waals surface area contributed by atoms with Gasteiger partial charge in [0.05, 0.1) is 18.8 Å². The van der Waals surface area contributed by atoms with E-state index in [4.69, 9.17) is 9.47 Å². The molecule has 0 amide bonds. The predicted molar refractivity (Wildman–Crippen MR) is 94.0 cm³/mol. The summed E-state index contributed by atoms with van der Waals surface area (Å²) in [6.45, 7) is 14.2. The predicted octanol–water partition coefficient (Wildman–Crippen LogP) is 3.92. The highest BCUT2D eigenvalue weighted by Gasteiger charge is 2.42. The molecule has 0 bridgehead atoms. The Hall–Kier alpha value is -2.10. The summed E-state index contributed by atoms with van der Waals surface area (Å²) in [5.41, 5.74) is 7.64. The first kappa shape index (κ1) is 18.2. The van der Waals surface area contributed by atoms with Crippen LogP contribution in [0.1, 0.15) is 60.1 Å². The van der Waals surface area contributed by atoms with Crippen molar-refractivity contribution in [2.24, 2.45) is 0 Å². The molecule has 0 fully saturated rings. The largest absolute Gasteiger partial charge is 0.465 e. The van der Waals surface area contributed by atoms with Crippen molar-refractivity contribution < 1.29 is 19.1 Å². The molecule has 1 aliphatic carbocycles. The molecule has 0 spiro atoms. The summed E-state index contributed by atoms with van der Waals surface area (Å²) in [4.78, 5) is 25.2. The van der Waals surface area contributed by atoms with E-state index < -0.39 is 11.9 Å². The van der Waals surface area contributed by atoms with Crippen LogP contribution >= 0.6 is 0 Å². The van der Waals surface area contributed by atoms with Gasteiger partial charge in [0.1, 0.15) is 5.92 Å². The van der Waals surface area contributed by atoms with Gasteiger partial charge < -0.3 is 9.47 Å². The summed E-state index contributed by atoms with van der Waals surface area (Å²) >= 11 is 0. The normalized spacial score (nSPS) is 16.2. The fourth-order valence-corrected chi connectivity index (χ4v) is 3.62. The van der Waals surface area contributed by atoms with Gasteiger partial charge in [-0.05, 0) is 87.4 Å². The van der Waals surface area contributed by atoms with Crippen LogP contribution < -0.4 is 0 Å². The lowest BCUT2D eigenvalue weighted by molar-refractivity contribution is -0.147. The lowest BCUT2D eigenvalue weighted by Crippen LogP contribution is -2.22. The van der Waals surface area contributed by atoms with Crippen LogP contribution in [0.15, 0.2) is 5.57 Å². The van der Waals surface area contributed by atoms with Crippen LogP contribution in [0, 0.1) is 27.7 Å². The summed E-state index contributed by atoms with van der Waals surface area (Å²) in [6.07, 6.45) is 0. The zero-order valence-corrected chi connectivity index (χ0v) is 15.6. The monoisotopic (exact) mass is 330 g/mol. The molecule has 4 heteroatoms. The molecule has 130 valence electrons. The second-order valence-corrected chi connectivity index (χ2v) is 6.23. The van der Waals surface area contributed by atoms with Crippen molar-refractivity contribution in [1.82, 2.24) is 0 Å². The lowest BCUT2D eigenvalue weighted by Gasteiger charge is -2.20. The van der Waals surface area contributed by atoms with Crippen LogP contribution in [0.3, 0.4) is 0 Å². The molecule has 2 rings (SSSR count). The van der Waals surface area contributed by atoms with E-state index in [1.807, 2.05) is 20.8 Å². The second kappa shape index (κ2) is 6.80. The van der Waals surface area contributed by atoms with Gasteiger partial charge in [-0.3, -0.25) is 4.79 Å². The number of benzene rings is 1. The van der Waals surface area contributed by atoms with Crippen LogP contribution in [-0.4, -0.2) is 25.2 Å². The number of esters is 2. The number of allylic oxidation sites excluding steroid dienone is 1. The van der Waals surface area contributed by atoms with Crippen molar-refractivity contribution in [2.45, 2.75) is 54.4 Å². The fourth-order valence-electron chi connectivity index (χ4n) is 3.62. The molecule has 0 heterocycles. The van der Waals surface area contributed by atoms with E-state index in [9.17, 15) is 9.59 Å². The van der Waals surface area contributed by atoms with Crippen LogP contribution in [0.4, 0.5) is 0 Å². The smallest absolute Gasteiger partial charge is 0.335 e. The Morgan fingerprint density at radius 1 is 0.833 bits per heavy atom. The van der Waals surface area contributed by atoms with Crippen molar-refractivity contribution in [3.8, 4) is 0 Å². The maximum Gasteiger partial charge on any atom is 0.335 e. The van der Waals surface area contributed by atoms with Crippen LogP contribution in [-0.2, 0) is 19.1 Å². The maximum atomic E-state index is 12.7. The third-order valence-electron chi connectivity index (χ3n) is 5.11. The highest BCUT2D eigenvalue weighted by atomic mass is 16.5. The molecule has 0 saturated carbocycles. The maximum absolute atomic E-state index is 12.7. The number of hydrogen-bond acceptors (Lipinski definition) is 4. The molecular weight excluding hydrogens is 304 g/mol. The molecule has 1 atom stereocenters. The summed E-state index contributed by atoms with van der Waals surface area (Å²) in [6, 6.07) is 0. The highest BCUT2D eigenvalue weighted by molar-refractivity contribution is 6.09. The number of carbonyl (C=O) groups excluding carboxylic acids is 2. The molecule has 0 aromatic heterocycles. The number of hydrogen-bond donors (Lipinski definition) is 0. The summed E-state index contributed by atoms with van der Waals surface area (Å²) in [5.74, 6) is -1.51. The minimum atomic E-state index is -0.697. The van der Waals surface area contributed by atoms with Gasteiger partial charge in [0, 0.05) is 0 Å². The molecule has 1 unspecified atom stereocenters. The van der Waals surface area contributed by atoms with Gasteiger partial charge >= 0.3 is 11.9 Å². The van der Waals surface area contributed by atoms with E-state index in [2.05, 4.69) is 13.8 Å². The third kappa shape index (κ3) is 2.64. The molecule has 0 radical (unpaired) electrons. The standard InChI is InChI=1S/C20H26O4/c1-8-23-19(21)17-14(7)15-12(5)10(3)11(4)13(6)16(15)18(17)20(22)24-9-2/h18H,8-9H2,1-7H3. The molecule has 0 N–H and O–H groups in total. The van der Waals surface area contributed by atoms with Crippen LogP contribution in [0.5, 0.6) is 0 Å². The van der Waals surface area contributed by atoms with Crippen molar-refractivity contribution in [3.05, 3.63) is 39.0 Å². The van der Waals surface area contributed by atoms with Gasteiger partial charge in [0.2, 0.25) is 0 Å². The zero-order chi connectivity index (χ0) is 18.2. The van der Waals surface area contributed by atoms with Gasteiger partial charge in [-0.25, -0.2) is 4.79 Å². The van der Waals surface area contributed by atoms with E-state index >= 15 is 0 Å². The van der Waals surface area contributed by atoms with E-state index in [1.165, 1.54) is 5.56 Å². The van der Waals surface area contributed by atoms with Crippen molar-refractivity contribution in [2.75, 3.05) is 13.2 Å².